The summed E-state index contributed by atoms with van der Waals surface area (Å²) in [5, 5.41) is 19.2. The Bertz CT molecular complexity index is 641. The number of phenols is 1. The Morgan fingerprint density at radius 2 is 1.76 bits per heavy atom. The molecule has 1 aromatic heterocycles. The van der Waals surface area contributed by atoms with Crippen molar-refractivity contribution in [3.8, 4) is 22.8 Å². The van der Waals surface area contributed by atoms with E-state index in [0.717, 1.165) is 25.7 Å². The average molecular weight is 288 g/mol. The predicted octanol–water partition coefficient (Wildman–Crippen LogP) is 3.84. The highest BCUT2D eigenvalue weighted by Gasteiger charge is 2.13. The van der Waals surface area contributed by atoms with E-state index in [1.54, 1.807) is 12.1 Å². The summed E-state index contributed by atoms with van der Waals surface area (Å²) in [4.78, 5) is 11.8. The van der Waals surface area contributed by atoms with E-state index < -0.39 is 11.2 Å². The van der Waals surface area contributed by atoms with Crippen molar-refractivity contribution in [1.82, 2.24) is 0 Å². The minimum Gasteiger partial charge on any atom is -0.508 e. The summed E-state index contributed by atoms with van der Waals surface area (Å²) < 4.78 is 5.66. The van der Waals surface area contributed by atoms with Crippen molar-refractivity contribution < 1.29 is 14.6 Å². The van der Waals surface area contributed by atoms with Gasteiger partial charge in [-0.25, -0.2) is 0 Å². The van der Waals surface area contributed by atoms with Gasteiger partial charge in [-0.1, -0.05) is 26.2 Å². The van der Waals surface area contributed by atoms with Crippen LogP contribution in [0.1, 0.15) is 38.4 Å². The van der Waals surface area contributed by atoms with Crippen LogP contribution in [0, 0.1) is 0 Å². The third-order valence-corrected chi connectivity index (χ3v) is 3.38. The third-order valence-electron chi connectivity index (χ3n) is 3.38. The van der Waals surface area contributed by atoms with Crippen molar-refractivity contribution >= 4 is 0 Å². The van der Waals surface area contributed by atoms with Crippen molar-refractivity contribution in [2.75, 3.05) is 0 Å². The lowest BCUT2D eigenvalue weighted by atomic mass is 10.1. The van der Waals surface area contributed by atoms with Crippen LogP contribution in [0.5, 0.6) is 11.5 Å². The smallest absolute Gasteiger partial charge is 0.227 e. The molecule has 0 saturated carbocycles. The number of aryl methyl sites for hydroxylation is 1. The summed E-state index contributed by atoms with van der Waals surface area (Å²) in [6.45, 7) is 2.14. The predicted molar refractivity (Wildman–Crippen MR) is 81.6 cm³/mol. The Hall–Kier alpha value is -2.23. The highest BCUT2D eigenvalue weighted by Crippen LogP contribution is 2.28. The lowest BCUT2D eigenvalue weighted by Gasteiger charge is -2.07. The molecule has 0 radical (unpaired) electrons. The van der Waals surface area contributed by atoms with Crippen molar-refractivity contribution in [2.45, 2.75) is 39.0 Å². The molecule has 0 amide bonds. The SMILES string of the molecule is CCCCCCc1cc(=O)c(O)c(-c2ccc(O)cc2)o1. The molecule has 0 aliphatic carbocycles. The lowest BCUT2D eigenvalue weighted by molar-refractivity contribution is 0.420. The van der Waals surface area contributed by atoms with Crippen molar-refractivity contribution in [3.63, 3.8) is 0 Å². The molecular weight excluding hydrogens is 268 g/mol. The van der Waals surface area contributed by atoms with Crippen LogP contribution in [0.3, 0.4) is 0 Å². The van der Waals surface area contributed by atoms with E-state index in [2.05, 4.69) is 6.92 Å². The van der Waals surface area contributed by atoms with E-state index in [0.29, 0.717) is 17.7 Å². The number of phenolic OH excluding ortho intramolecular Hbond substituents is 1. The molecule has 21 heavy (non-hydrogen) atoms. The molecule has 0 aliphatic heterocycles. The maximum atomic E-state index is 11.8. The van der Waals surface area contributed by atoms with Gasteiger partial charge in [0.25, 0.3) is 0 Å². The number of hydrogen-bond donors (Lipinski definition) is 2. The summed E-state index contributed by atoms with van der Waals surface area (Å²) in [6, 6.07) is 7.54. The molecule has 0 saturated heterocycles. The van der Waals surface area contributed by atoms with Gasteiger partial charge in [0, 0.05) is 18.1 Å². The van der Waals surface area contributed by atoms with Crippen molar-refractivity contribution in [1.29, 1.82) is 0 Å². The van der Waals surface area contributed by atoms with Crippen LogP contribution in [0.15, 0.2) is 39.5 Å². The Balaban J connectivity index is 2.26. The summed E-state index contributed by atoms with van der Waals surface area (Å²) in [6.07, 6.45) is 5.04. The number of hydrogen-bond acceptors (Lipinski definition) is 4. The Morgan fingerprint density at radius 3 is 2.43 bits per heavy atom. The van der Waals surface area contributed by atoms with Gasteiger partial charge in [0.15, 0.2) is 5.76 Å². The van der Waals surface area contributed by atoms with Crippen LogP contribution in [-0.2, 0) is 6.42 Å². The van der Waals surface area contributed by atoms with Gasteiger partial charge < -0.3 is 14.6 Å². The van der Waals surface area contributed by atoms with Gasteiger partial charge in [-0.2, -0.15) is 0 Å². The first-order valence-electron chi connectivity index (χ1n) is 7.27. The Kier molecular flexibility index (Phi) is 5.04. The summed E-state index contributed by atoms with van der Waals surface area (Å²) in [7, 11) is 0. The number of rotatable bonds is 6. The van der Waals surface area contributed by atoms with E-state index in [9.17, 15) is 15.0 Å². The van der Waals surface area contributed by atoms with Crippen molar-refractivity contribution in [2.24, 2.45) is 0 Å². The average Bonchev–Trinajstić information content (AvgIpc) is 2.48. The first-order chi connectivity index (χ1) is 10.1. The molecule has 112 valence electrons. The summed E-state index contributed by atoms with van der Waals surface area (Å²) >= 11 is 0. The Labute approximate surface area is 123 Å². The second-order valence-electron chi connectivity index (χ2n) is 5.11. The fourth-order valence-corrected chi connectivity index (χ4v) is 2.19. The summed E-state index contributed by atoms with van der Waals surface area (Å²) in [5.41, 5.74) is 0.132. The fourth-order valence-electron chi connectivity index (χ4n) is 2.19. The van der Waals surface area contributed by atoms with Gasteiger partial charge in [-0.05, 0) is 30.7 Å². The highest BCUT2D eigenvalue weighted by atomic mass is 16.4. The van der Waals surface area contributed by atoms with Crippen LogP contribution >= 0.6 is 0 Å². The Morgan fingerprint density at radius 1 is 1.05 bits per heavy atom. The van der Waals surface area contributed by atoms with E-state index in [1.165, 1.54) is 18.2 Å². The number of unbranched alkanes of at least 4 members (excludes halogenated alkanes) is 3. The second kappa shape index (κ2) is 6.97. The second-order valence-corrected chi connectivity index (χ2v) is 5.11. The zero-order chi connectivity index (χ0) is 15.2. The molecule has 2 rings (SSSR count). The molecule has 4 nitrogen and oxygen atoms in total. The molecule has 0 unspecified atom stereocenters. The minimum atomic E-state index is -0.435. The largest absolute Gasteiger partial charge is 0.508 e. The molecule has 0 bridgehead atoms. The molecule has 2 N–H and O–H groups in total. The standard InChI is InChI=1S/C17H20O4/c1-2-3-4-5-6-14-11-15(19)16(20)17(21-14)12-7-9-13(18)10-8-12/h7-11,18,20H,2-6H2,1H3. The van der Waals surface area contributed by atoms with Crippen LogP contribution in [0.2, 0.25) is 0 Å². The lowest BCUT2D eigenvalue weighted by Crippen LogP contribution is -2.03. The first kappa shape index (κ1) is 15.2. The minimum absolute atomic E-state index is 0.122. The first-order valence-corrected chi connectivity index (χ1v) is 7.27. The van der Waals surface area contributed by atoms with E-state index in [1.807, 2.05) is 0 Å². The van der Waals surface area contributed by atoms with Crippen LogP contribution in [0.4, 0.5) is 0 Å². The molecule has 0 aliphatic rings. The zero-order valence-corrected chi connectivity index (χ0v) is 12.1. The molecule has 0 fully saturated rings. The van der Waals surface area contributed by atoms with E-state index in [4.69, 9.17) is 4.42 Å². The molecule has 0 atom stereocenters. The molecule has 1 aromatic carbocycles. The van der Waals surface area contributed by atoms with Gasteiger partial charge >= 0.3 is 0 Å². The number of benzene rings is 1. The van der Waals surface area contributed by atoms with E-state index >= 15 is 0 Å². The normalized spacial score (nSPS) is 10.7. The topological polar surface area (TPSA) is 70.7 Å². The fraction of sp³-hybridized carbons (Fsp3) is 0.353. The van der Waals surface area contributed by atoms with Gasteiger partial charge in [0.1, 0.15) is 11.5 Å². The molecule has 1 heterocycles. The maximum absolute atomic E-state index is 11.8. The monoisotopic (exact) mass is 288 g/mol. The molecule has 0 spiro atoms. The van der Waals surface area contributed by atoms with Crippen LogP contribution < -0.4 is 5.43 Å². The highest BCUT2D eigenvalue weighted by molar-refractivity contribution is 5.64. The quantitative estimate of drug-likeness (QED) is 0.792. The van der Waals surface area contributed by atoms with Gasteiger partial charge in [-0.15, -0.1) is 0 Å². The molecule has 4 heteroatoms. The van der Waals surface area contributed by atoms with Crippen molar-refractivity contribution in [3.05, 3.63) is 46.3 Å². The third kappa shape index (κ3) is 3.88. The van der Waals surface area contributed by atoms with Crippen LogP contribution in [-0.4, -0.2) is 10.2 Å². The van der Waals surface area contributed by atoms with Gasteiger partial charge in [0.05, 0.1) is 0 Å². The summed E-state index contributed by atoms with van der Waals surface area (Å²) in [5.74, 6) is 0.472. The van der Waals surface area contributed by atoms with Gasteiger partial charge in [0.2, 0.25) is 11.2 Å². The molecule has 2 aromatic rings. The van der Waals surface area contributed by atoms with Gasteiger partial charge in [-0.3, -0.25) is 4.79 Å². The maximum Gasteiger partial charge on any atom is 0.227 e. The molecular formula is C17H20O4. The zero-order valence-electron chi connectivity index (χ0n) is 12.1. The number of aromatic hydroxyl groups is 2. The van der Waals surface area contributed by atoms with E-state index in [-0.39, 0.29) is 11.5 Å². The van der Waals surface area contributed by atoms with Crippen LogP contribution in [0.25, 0.3) is 11.3 Å².